The maximum atomic E-state index is 12.8. The second kappa shape index (κ2) is 5.39. The van der Waals surface area contributed by atoms with Gasteiger partial charge in [0.1, 0.15) is 12.1 Å². The fourth-order valence-corrected chi connectivity index (χ4v) is 1.69. The van der Waals surface area contributed by atoms with E-state index in [1.807, 2.05) is 12.1 Å². The van der Waals surface area contributed by atoms with E-state index in [2.05, 4.69) is 34.3 Å². The van der Waals surface area contributed by atoms with Crippen LogP contribution in [0.25, 0.3) is 0 Å². The molecular formula is C13H14FN3. The van der Waals surface area contributed by atoms with Gasteiger partial charge in [-0.2, -0.15) is 4.39 Å². The van der Waals surface area contributed by atoms with Gasteiger partial charge in [0.15, 0.2) is 0 Å². The Hall–Kier alpha value is -1.97. The zero-order chi connectivity index (χ0) is 12.1. The second-order valence-corrected chi connectivity index (χ2v) is 3.70. The monoisotopic (exact) mass is 231 g/mol. The molecule has 0 unspecified atom stereocenters. The van der Waals surface area contributed by atoms with Crippen LogP contribution in [0.4, 0.5) is 10.2 Å². The largest absolute Gasteiger partial charge is 0.366 e. The van der Waals surface area contributed by atoms with E-state index in [4.69, 9.17) is 0 Å². The number of halogens is 1. The van der Waals surface area contributed by atoms with Gasteiger partial charge in [-0.05, 0) is 17.5 Å². The molecule has 0 atom stereocenters. The van der Waals surface area contributed by atoms with Crippen molar-refractivity contribution in [2.24, 2.45) is 0 Å². The van der Waals surface area contributed by atoms with Gasteiger partial charge in [0.25, 0.3) is 0 Å². The molecule has 0 saturated heterocycles. The fraction of sp³-hybridized carbons (Fsp3) is 0.231. The molecule has 0 fully saturated rings. The molecular weight excluding hydrogens is 217 g/mol. The number of anilines is 1. The van der Waals surface area contributed by atoms with E-state index in [1.54, 1.807) is 0 Å². The third kappa shape index (κ3) is 3.00. The van der Waals surface area contributed by atoms with E-state index in [-0.39, 0.29) is 0 Å². The van der Waals surface area contributed by atoms with Crippen molar-refractivity contribution in [2.45, 2.75) is 19.9 Å². The van der Waals surface area contributed by atoms with Crippen LogP contribution in [-0.2, 0) is 13.0 Å². The van der Waals surface area contributed by atoms with Gasteiger partial charge >= 0.3 is 0 Å². The van der Waals surface area contributed by atoms with E-state index in [1.165, 1.54) is 23.5 Å². The van der Waals surface area contributed by atoms with Crippen LogP contribution in [0.15, 0.2) is 36.7 Å². The topological polar surface area (TPSA) is 37.8 Å². The Balaban J connectivity index is 2.07. The molecule has 0 bridgehead atoms. The molecule has 4 heteroatoms. The van der Waals surface area contributed by atoms with E-state index in [0.29, 0.717) is 12.4 Å². The fourth-order valence-electron chi connectivity index (χ4n) is 1.69. The predicted octanol–water partition coefficient (Wildman–Crippen LogP) is 2.79. The minimum absolute atomic E-state index is 0.503. The summed E-state index contributed by atoms with van der Waals surface area (Å²) in [6.45, 7) is 2.75. The number of aromatic nitrogens is 2. The number of hydrogen-bond acceptors (Lipinski definition) is 3. The van der Waals surface area contributed by atoms with Gasteiger partial charge in [0.05, 0.1) is 0 Å². The minimum atomic E-state index is -0.522. The number of nitrogens with one attached hydrogen (secondary N) is 1. The zero-order valence-corrected chi connectivity index (χ0v) is 9.65. The Kier molecular flexibility index (Phi) is 3.65. The van der Waals surface area contributed by atoms with E-state index in [9.17, 15) is 4.39 Å². The predicted molar refractivity (Wildman–Crippen MR) is 65.1 cm³/mol. The molecule has 0 saturated carbocycles. The van der Waals surface area contributed by atoms with Gasteiger partial charge in [-0.25, -0.2) is 9.97 Å². The summed E-state index contributed by atoms with van der Waals surface area (Å²) in [5, 5.41) is 3.09. The van der Waals surface area contributed by atoms with Gasteiger partial charge in [-0.15, -0.1) is 0 Å². The number of hydrogen-bond donors (Lipinski definition) is 1. The maximum Gasteiger partial charge on any atom is 0.217 e. The standard InChI is InChI=1S/C13H14FN3/c1-2-10-5-3-4-6-11(10)8-15-13-7-12(14)16-9-17-13/h3-7,9H,2,8H2,1H3,(H,15,16,17). The van der Waals surface area contributed by atoms with Crippen LogP contribution < -0.4 is 5.32 Å². The van der Waals surface area contributed by atoms with Crippen molar-refractivity contribution in [1.82, 2.24) is 9.97 Å². The van der Waals surface area contributed by atoms with Crippen LogP contribution in [0.2, 0.25) is 0 Å². The summed E-state index contributed by atoms with van der Waals surface area (Å²) in [6, 6.07) is 9.46. The molecule has 0 aliphatic rings. The molecule has 2 aromatic rings. The van der Waals surface area contributed by atoms with Crippen molar-refractivity contribution in [1.29, 1.82) is 0 Å². The highest BCUT2D eigenvalue weighted by Crippen LogP contribution is 2.11. The van der Waals surface area contributed by atoms with Crippen molar-refractivity contribution >= 4 is 5.82 Å². The molecule has 0 spiro atoms. The SMILES string of the molecule is CCc1ccccc1CNc1cc(F)ncn1. The molecule has 1 aromatic heterocycles. The molecule has 17 heavy (non-hydrogen) atoms. The Bertz CT molecular complexity index is 500. The normalized spacial score (nSPS) is 10.2. The van der Waals surface area contributed by atoms with Crippen molar-refractivity contribution in [3.63, 3.8) is 0 Å². The number of benzene rings is 1. The lowest BCUT2D eigenvalue weighted by Gasteiger charge is -2.09. The Labute approximate surface area is 99.7 Å². The van der Waals surface area contributed by atoms with E-state index in [0.717, 1.165) is 6.42 Å². The molecule has 1 aromatic carbocycles. The molecule has 88 valence electrons. The van der Waals surface area contributed by atoms with Crippen molar-refractivity contribution < 1.29 is 4.39 Å². The van der Waals surface area contributed by atoms with Crippen LogP contribution in [0.3, 0.4) is 0 Å². The number of nitrogens with zero attached hydrogens (tertiary/aromatic N) is 2. The van der Waals surface area contributed by atoms with Gasteiger partial charge in [0.2, 0.25) is 5.95 Å². The average Bonchev–Trinajstić information content (AvgIpc) is 2.37. The summed E-state index contributed by atoms with van der Waals surface area (Å²) in [6.07, 6.45) is 2.19. The van der Waals surface area contributed by atoms with Crippen LogP contribution in [0.5, 0.6) is 0 Å². The number of aryl methyl sites for hydroxylation is 1. The van der Waals surface area contributed by atoms with Gasteiger partial charge in [0, 0.05) is 12.6 Å². The van der Waals surface area contributed by atoms with E-state index >= 15 is 0 Å². The summed E-state index contributed by atoms with van der Waals surface area (Å²) in [5.41, 5.74) is 2.49. The lowest BCUT2D eigenvalue weighted by atomic mass is 10.1. The van der Waals surface area contributed by atoms with Crippen LogP contribution in [0, 0.1) is 5.95 Å². The third-order valence-corrected chi connectivity index (χ3v) is 2.59. The zero-order valence-electron chi connectivity index (χ0n) is 9.65. The summed E-state index contributed by atoms with van der Waals surface area (Å²) in [5.74, 6) is -0.0188. The second-order valence-electron chi connectivity index (χ2n) is 3.70. The van der Waals surface area contributed by atoms with Crippen molar-refractivity contribution in [3.8, 4) is 0 Å². The quantitative estimate of drug-likeness (QED) is 0.822. The van der Waals surface area contributed by atoms with E-state index < -0.39 is 5.95 Å². The highest BCUT2D eigenvalue weighted by atomic mass is 19.1. The molecule has 0 radical (unpaired) electrons. The number of rotatable bonds is 4. The first kappa shape index (κ1) is 11.5. The average molecular weight is 231 g/mol. The van der Waals surface area contributed by atoms with Gasteiger partial charge in [-0.3, -0.25) is 0 Å². The Morgan fingerprint density at radius 1 is 1.18 bits per heavy atom. The van der Waals surface area contributed by atoms with Gasteiger partial charge < -0.3 is 5.32 Å². The molecule has 0 aliphatic heterocycles. The first-order valence-corrected chi connectivity index (χ1v) is 5.58. The molecule has 2 rings (SSSR count). The third-order valence-electron chi connectivity index (χ3n) is 2.59. The molecule has 1 N–H and O–H groups in total. The Morgan fingerprint density at radius 3 is 2.65 bits per heavy atom. The molecule has 0 aliphatic carbocycles. The molecule has 0 amide bonds. The first-order valence-electron chi connectivity index (χ1n) is 5.58. The summed E-state index contributed by atoms with van der Waals surface area (Å²) in [4.78, 5) is 7.36. The maximum absolute atomic E-state index is 12.8. The molecule has 1 heterocycles. The minimum Gasteiger partial charge on any atom is -0.366 e. The van der Waals surface area contributed by atoms with Crippen LogP contribution in [0.1, 0.15) is 18.1 Å². The summed E-state index contributed by atoms with van der Waals surface area (Å²) < 4.78 is 12.8. The highest BCUT2D eigenvalue weighted by Gasteiger charge is 2.01. The Morgan fingerprint density at radius 2 is 1.94 bits per heavy atom. The summed E-state index contributed by atoms with van der Waals surface area (Å²) >= 11 is 0. The lowest BCUT2D eigenvalue weighted by Crippen LogP contribution is -2.04. The smallest absolute Gasteiger partial charge is 0.217 e. The van der Waals surface area contributed by atoms with Crippen molar-refractivity contribution in [2.75, 3.05) is 5.32 Å². The summed E-state index contributed by atoms with van der Waals surface area (Å²) in [7, 11) is 0. The van der Waals surface area contributed by atoms with Crippen LogP contribution in [-0.4, -0.2) is 9.97 Å². The lowest BCUT2D eigenvalue weighted by molar-refractivity contribution is 0.580. The van der Waals surface area contributed by atoms with Gasteiger partial charge in [-0.1, -0.05) is 31.2 Å². The first-order chi connectivity index (χ1) is 8.29. The van der Waals surface area contributed by atoms with Crippen molar-refractivity contribution in [3.05, 3.63) is 53.7 Å². The highest BCUT2D eigenvalue weighted by molar-refractivity contribution is 5.36. The van der Waals surface area contributed by atoms with Crippen LogP contribution >= 0.6 is 0 Å². The molecule has 3 nitrogen and oxygen atoms in total.